The molecule has 6 nitrogen and oxygen atoms in total. The van der Waals surface area contributed by atoms with Gasteiger partial charge in [0.05, 0.1) is 17.9 Å². The lowest BCUT2D eigenvalue weighted by molar-refractivity contribution is -0.119. The third-order valence-corrected chi connectivity index (χ3v) is 5.39. The fourth-order valence-electron chi connectivity index (χ4n) is 3.88. The fraction of sp³-hybridized carbons (Fsp3) is 0.0800. The van der Waals surface area contributed by atoms with Gasteiger partial charge < -0.3 is 15.1 Å². The van der Waals surface area contributed by atoms with Gasteiger partial charge in [0.15, 0.2) is 6.17 Å². The van der Waals surface area contributed by atoms with Crippen LogP contribution in [0.1, 0.15) is 16.7 Å². The number of halogens is 1. The number of benzodiazepines with no additional fused rings is 1. The van der Waals surface area contributed by atoms with Crippen LogP contribution in [0.4, 0.5) is 10.1 Å². The molecule has 158 valence electrons. The van der Waals surface area contributed by atoms with E-state index < -0.39 is 23.5 Å². The predicted molar refractivity (Wildman–Crippen MR) is 120 cm³/mol. The van der Waals surface area contributed by atoms with Crippen molar-refractivity contribution in [3.05, 3.63) is 112 Å². The molecule has 1 aliphatic rings. The van der Waals surface area contributed by atoms with E-state index in [-0.39, 0.29) is 12.1 Å². The number of carbonyl (C=O) groups excluding carboxylic acids is 1. The summed E-state index contributed by atoms with van der Waals surface area (Å²) in [7, 11) is 0. The number of fused-ring (bicyclic) bond motifs is 2. The van der Waals surface area contributed by atoms with Gasteiger partial charge in [0.1, 0.15) is 11.4 Å². The van der Waals surface area contributed by atoms with Gasteiger partial charge in [-0.25, -0.2) is 9.18 Å². The number of aliphatic imine (C=N–C) groups is 1. The van der Waals surface area contributed by atoms with Crippen LogP contribution in [0.2, 0.25) is 0 Å². The van der Waals surface area contributed by atoms with Gasteiger partial charge >= 0.3 is 5.63 Å². The zero-order valence-electron chi connectivity index (χ0n) is 16.9. The van der Waals surface area contributed by atoms with Crippen molar-refractivity contribution in [3.8, 4) is 0 Å². The predicted octanol–water partition coefficient (Wildman–Crippen LogP) is 3.60. The van der Waals surface area contributed by atoms with Crippen LogP contribution >= 0.6 is 0 Å². The highest BCUT2D eigenvalue weighted by molar-refractivity contribution is 6.20. The third kappa shape index (κ3) is 3.48. The molecule has 5 rings (SSSR count). The minimum absolute atomic E-state index is 0.221. The molecule has 0 spiro atoms. The van der Waals surface area contributed by atoms with E-state index in [1.165, 1.54) is 12.1 Å². The van der Waals surface area contributed by atoms with Gasteiger partial charge in [-0.3, -0.25) is 9.79 Å². The van der Waals surface area contributed by atoms with E-state index in [9.17, 15) is 14.0 Å². The Balaban J connectivity index is 1.61. The number of hydrogen-bond acceptors (Lipinski definition) is 5. The average Bonchev–Trinajstić information content (AvgIpc) is 2.90. The molecule has 0 aliphatic carbocycles. The second kappa shape index (κ2) is 7.86. The fourth-order valence-corrected chi connectivity index (χ4v) is 3.88. The van der Waals surface area contributed by atoms with Crippen molar-refractivity contribution in [2.45, 2.75) is 12.7 Å². The van der Waals surface area contributed by atoms with Crippen LogP contribution in [-0.2, 0) is 11.3 Å². The maximum Gasteiger partial charge on any atom is 0.336 e. The second-order valence-electron chi connectivity index (χ2n) is 7.47. The average molecular weight is 427 g/mol. The minimum atomic E-state index is -1.18. The molecule has 0 saturated carbocycles. The van der Waals surface area contributed by atoms with E-state index in [2.05, 4.69) is 4.99 Å². The molecule has 32 heavy (non-hydrogen) atoms. The van der Waals surface area contributed by atoms with Gasteiger partial charge in [-0.05, 0) is 42.0 Å². The first-order valence-corrected chi connectivity index (χ1v) is 10.0. The summed E-state index contributed by atoms with van der Waals surface area (Å²) in [4.78, 5) is 30.6. The molecule has 1 atom stereocenters. The van der Waals surface area contributed by atoms with Crippen molar-refractivity contribution in [2.75, 3.05) is 4.90 Å². The molecule has 1 aromatic heterocycles. The lowest BCUT2D eigenvalue weighted by Crippen LogP contribution is -2.41. The summed E-state index contributed by atoms with van der Waals surface area (Å²) in [5.74, 6) is -0.839. The maximum absolute atomic E-state index is 14.6. The van der Waals surface area contributed by atoms with E-state index in [1.807, 2.05) is 18.2 Å². The summed E-state index contributed by atoms with van der Waals surface area (Å²) < 4.78 is 19.8. The molecule has 2 heterocycles. The Morgan fingerprint density at radius 1 is 0.938 bits per heavy atom. The number of rotatable bonds is 3. The van der Waals surface area contributed by atoms with Crippen molar-refractivity contribution >= 4 is 28.3 Å². The molecule has 0 radical (unpaired) electrons. The minimum Gasteiger partial charge on any atom is -0.423 e. The first-order chi connectivity index (χ1) is 15.5. The molecule has 2 N–H and O–H groups in total. The van der Waals surface area contributed by atoms with Crippen LogP contribution in [0.3, 0.4) is 0 Å². The van der Waals surface area contributed by atoms with Crippen LogP contribution in [-0.4, -0.2) is 17.8 Å². The number of carbonyl (C=O) groups is 1. The monoisotopic (exact) mass is 427 g/mol. The lowest BCUT2D eigenvalue weighted by Gasteiger charge is -2.24. The first-order valence-electron chi connectivity index (χ1n) is 10.0. The molecule has 1 amide bonds. The van der Waals surface area contributed by atoms with Gasteiger partial charge in [-0.15, -0.1) is 0 Å². The molecule has 0 fully saturated rings. The first kappa shape index (κ1) is 19.8. The van der Waals surface area contributed by atoms with Crippen molar-refractivity contribution in [3.63, 3.8) is 0 Å². The Kier molecular flexibility index (Phi) is 4.88. The number of anilines is 1. The zero-order chi connectivity index (χ0) is 22.2. The Morgan fingerprint density at radius 2 is 1.69 bits per heavy atom. The van der Waals surface area contributed by atoms with E-state index in [0.29, 0.717) is 22.5 Å². The molecule has 0 saturated heterocycles. The third-order valence-electron chi connectivity index (χ3n) is 5.39. The second-order valence-corrected chi connectivity index (χ2v) is 7.47. The highest BCUT2D eigenvalue weighted by Crippen LogP contribution is 2.30. The molecule has 7 heteroatoms. The number of amides is 1. The van der Waals surface area contributed by atoms with Crippen molar-refractivity contribution in [1.29, 1.82) is 0 Å². The smallest absolute Gasteiger partial charge is 0.336 e. The van der Waals surface area contributed by atoms with Crippen LogP contribution < -0.4 is 16.3 Å². The number of benzene rings is 3. The van der Waals surface area contributed by atoms with Crippen LogP contribution in [0.25, 0.3) is 11.0 Å². The van der Waals surface area contributed by atoms with Gasteiger partial charge in [0.25, 0.3) is 5.91 Å². The molecular weight excluding hydrogens is 409 g/mol. The SMILES string of the molecule is NC1N=C(c2ccccc2F)c2ccccc2N(Cc2ccc3oc(=O)ccc3c2)C1=O. The topological polar surface area (TPSA) is 88.9 Å². The van der Waals surface area contributed by atoms with Crippen LogP contribution in [0.5, 0.6) is 0 Å². The largest absolute Gasteiger partial charge is 0.423 e. The Morgan fingerprint density at radius 3 is 2.50 bits per heavy atom. The summed E-state index contributed by atoms with van der Waals surface area (Å²) in [5.41, 5.74) is 8.81. The zero-order valence-corrected chi connectivity index (χ0v) is 16.9. The standard InChI is InChI=1S/C25H18FN3O3/c26-19-7-3-1-5-17(19)23-18-6-2-4-8-20(18)29(25(31)24(27)28-23)14-15-9-11-21-16(13-15)10-12-22(30)32-21/h1-13,24H,14,27H2. The Hall–Kier alpha value is -4.10. The van der Waals surface area contributed by atoms with Gasteiger partial charge in [-0.2, -0.15) is 0 Å². The number of para-hydroxylation sites is 1. The summed E-state index contributed by atoms with van der Waals surface area (Å²) in [6, 6.07) is 21.9. The van der Waals surface area contributed by atoms with Crippen LogP contribution in [0.15, 0.2) is 93.1 Å². The van der Waals surface area contributed by atoms with Crippen LogP contribution in [0, 0.1) is 5.82 Å². The summed E-state index contributed by atoms with van der Waals surface area (Å²) in [6.07, 6.45) is -1.18. The van der Waals surface area contributed by atoms with Gasteiger partial charge in [0, 0.05) is 22.6 Å². The summed E-state index contributed by atoms with van der Waals surface area (Å²) in [5, 5.41) is 0.741. The Labute approximate surface area is 182 Å². The van der Waals surface area contributed by atoms with E-state index >= 15 is 0 Å². The molecule has 1 unspecified atom stereocenters. The molecule has 1 aliphatic heterocycles. The normalized spacial score (nSPS) is 15.9. The molecule has 3 aromatic carbocycles. The number of nitrogens with zero attached hydrogens (tertiary/aromatic N) is 2. The van der Waals surface area contributed by atoms with Gasteiger partial charge in [0.2, 0.25) is 0 Å². The maximum atomic E-state index is 14.6. The number of nitrogens with two attached hydrogens (primary N) is 1. The van der Waals surface area contributed by atoms with Gasteiger partial charge in [-0.1, -0.05) is 36.4 Å². The summed E-state index contributed by atoms with van der Waals surface area (Å²) >= 11 is 0. The number of hydrogen-bond donors (Lipinski definition) is 1. The van der Waals surface area contributed by atoms with Crippen molar-refractivity contribution < 1.29 is 13.6 Å². The quantitative estimate of drug-likeness (QED) is 0.506. The van der Waals surface area contributed by atoms with E-state index in [4.69, 9.17) is 10.2 Å². The van der Waals surface area contributed by atoms with E-state index in [0.717, 1.165) is 10.9 Å². The molecule has 4 aromatic rings. The highest BCUT2D eigenvalue weighted by Gasteiger charge is 2.30. The highest BCUT2D eigenvalue weighted by atomic mass is 19.1. The lowest BCUT2D eigenvalue weighted by atomic mass is 9.99. The van der Waals surface area contributed by atoms with Crippen molar-refractivity contribution in [2.24, 2.45) is 10.7 Å². The van der Waals surface area contributed by atoms with Crippen molar-refractivity contribution in [1.82, 2.24) is 0 Å². The summed E-state index contributed by atoms with van der Waals surface area (Å²) in [6.45, 7) is 0.221. The van der Waals surface area contributed by atoms with E-state index in [1.54, 1.807) is 53.4 Å². The Bertz CT molecular complexity index is 1440. The molecule has 0 bridgehead atoms. The molecular formula is C25H18FN3O3.